The first-order valence-electron chi connectivity index (χ1n) is 10.6. The fourth-order valence-electron chi connectivity index (χ4n) is 5.77. The average Bonchev–Trinajstić information content (AvgIpc) is 3.23. The van der Waals surface area contributed by atoms with Gasteiger partial charge in [0.2, 0.25) is 0 Å². The SMILES string of the molecule is CCCC1C(C)C(=N)C(C(C)=N)N=C2C(=C3CC4=C(CCC4F)CC3C)C21. The Hall–Kier alpha value is -1.58. The van der Waals surface area contributed by atoms with Crippen molar-refractivity contribution in [3.63, 3.8) is 0 Å². The molecule has 0 aromatic heterocycles. The van der Waals surface area contributed by atoms with E-state index in [9.17, 15) is 4.39 Å². The van der Waals surface area contributed by atoms with Crippen LogP contribution in [0, 0.1) is 34.5 Å². The minimum Gasteiger partial charge on any atom is -0.307 e. The number of aliphatic imine (C=N–C) groups is 1. The van der Waals surface area contributed by atoms with Crippen molar-refractivity contribution < 1.29 is 4.39 Å². The van der Waals surface area contributed by atoms with E-state index in [1.165, 1.54) is 16.7 Å². The van der Waals surface area contributed by atoms with Gasteiger partial charge in [-0.05, 0) is 62.0 Å². The molecule has 4 aliphatic rings. The maximum absolute atomic E-state index is 14.4. The van der Waals surface area contributed by atoms with Gasteiger partial charge < -0.3 is 10.8 Å². The van der Waals surface area contributed by atoms with Gasteiger partial charge in [0.05, 0.1) is 0 Å². The molecule has 3 aliphatic carbocycles. The largest absolute Gasteiger partial charge is 0.307 e. The maximum Gasteiger partial charge on any atom is 0.125 e. The van der Waals surface area contributed by atoms with Crippen LogP contribution in [0.25, 0.3) is 0 Å². The van der Waals surface area contributed by atoms with Crippen LogP contribution in [0.3, 0.4) is 0 Å². The first-order chi connectivity index (χ1) is 12.8. The highest BCUT2D eigenvalue weighted by Crippen LogP contribution is 2.54. The lowest BCUT2D eigenvalue weighted by Gasteiger charge is -2.27. The number of fused-ring (bicyclic) bond motifs is 1. The molecule has 0 radical (unpaired) electrons. The number of hydrogen-bond donors (Lipinski definition) is 2. The molecule has 1 fully saturated rings. The Labute approximate surface area is 162 Å². The lowest BCUT2D eigenvalue weighted by atomic mass is 9.78. The molecule has 6 atom stereocenters. The van der Waals surface area contributed by atoms with Crippen molar-refractivity contribution in [3.8, 4) is 0 Å². The summed E-state index contributed by atoms with van der Waals surface area (Å²) in [7, 11) is 0. The van der Waals surface area contributed by atoms with Crippen LogP contribution in [0.5, 0.6) is 0 Å². The zero-order valence-electron chi connectivity index (χ0n) is 17.0. The van der Waals surface area contributed by atoms with Gasteiger partial charge >= 0.3 is 0 Å². The summed E-state index contributed by atoms with van der Waals surface area (Å²) in [6.45, 7) is 8.42. The van der Waals surface area contributed by atoms with Crippen LogP contribution in [0.15, 0.2) is 27.3 Å². The zero-order chi connectivity index (χ0) is 19.5. The van der Waals surface area contributed by atoms with Gasteiger partial charge in [-0.2, -0.15) is 0 Å². The van der Waals surface area contributed by atoms with Crippen LogP contribution < -0.4 is 0 Å². The van der Waals surface area contributed by atoms with Crippen molar-refractivity contribution >= 4 is 17.1 Å². The van der Waals surface area contributed by atoms with Gasteiger partial charge in [-0.1, -0.05) is 38.3 Å². The summed E-state index contributed by atoms with van der Waals surface area (Å²) in [5.41, 5.74) is 7.42. The fourth-order valence-corrected chi connectivity index (χ4v) is 5.77. The van der Waals surface area contributed by atoms with Crippen LogP contribution >= 0.6 is 0 Å². The third kappa shape index (κ3) is 2.96. The second kappa shape index (κ2) is 6.79. The molecular formula is C23H32FN3. The van der Waals surface area contributed by atoms with E-state index in [-0.39, 0.29) is 5.92 Å². The van der Waals surface area contributed by atoms with E-state index in [2.05, 4.69) is 20.8 Å². The number of nitrogens with zero attached hydrogens (tertiary/aromatic N) is 1. The van der Waals surface area contributed by atoms with Gasteiger partial charge in [0, 0.05) is 29.0 Å². The first kappa shape index (κ1) is 18.8. The van der Waals surface area contributed by atoms with Crippen molar-refractivity contribution in [1.82, 2.24) is 0 Å². The smallest absolute Gasteiger partial charge is 0.125 e. The summed E-state index contributed by atoms with van der Waals surface area (Å²) in [6, 6.07) is -0.397. The van der Waals surface area contributed by atoms with E-state index in [0.29, 0.717) is 35.6 Å². The Bertz CT molecular complexity index is 787. The third-order valence-corrected chi connectivity index (χ3v) is 7.36. The molecule has 27 heavy (non-hydrogen) atoms. The number of allylic oxidation sites excluding steroid dienone is 4. The number of alkyl halides is 1. The van der Waals surface area contributed by atoms with Gasteiger partial charge in [0.1, 0.15) is 12.2 Å². The van der Waals surface area contributed by atoms with Crippen LogP contribution in [0.2, 0.25) is 0 Å². The highest BCUT2D eigenvalue weighted by atomic mass is 19.1. The summed E-state index contributed by atoms with van der Waals surface area (Å²) >= 11 is 0. The van der Waals surface area contributed by atoms with E-state index < -0.39 is 12.2 Å². The van der Waals surface area contributed by atoms with Crippen LogP contribution in [0.1, 0.15) is 66.2 Å². The number of hydrogen-bond acceptors (Lipinski definition) is 3. The van der Waals surface area contributed by atoms with Crippen molar-refractivity contribution in [2.75, 3.05) is 0 Å². The summed E-state index contributed by atoms with van der Waals surface area (Å²) in [6.07, 6.45) is 4.85. The molecule has 4 rings (SSSR count). The molecule has 1 saturated carbocycles. The third-order valence-electron chi connectivity index (χ3n) is 7.36. The predicted octanol–water partition coefficient (Wildman–Crippen LogP) is 5.71. The van der Waals surface area contributed by atoms with Gasteiger partial charge in [0.15, 0.2) is 0 Å². The Kier molecular flexibility index (Phi) is 4.72. The van der Waals surface area contributed by atoms with E-state index >= 15 is 0 Å². The van der Waals surface area contributed by atoms with Crippen molar-refractivity contribution in [1.29, 1.82) is 10.8 Å². The predicted molar refractivity (Wildman–Crippen MR) is 110 cm³/mol. The van der Waals surface area contributed by atoms with E-state index in [1.807, 2.05) is 0 Å². The highest BCUT2D eigenvalue weighted by Gasteiger charge is 2.53. The molecule has 4 heteroatoms. The van der Waals surface area contributed by atoms with Crippen molar-refractivity contribution in [3.05, 3.63) is 22.3 Å². The first-order valence-corrected chi connectivity index (χ1v) is 10.6. The molecule has 0 amide bonds. The molecule has 1 heterocycles. The summed E-state index contributed by atoms with van der Waals surface area (Å²) in [5, 5.41) is 16.7. The molecule has 0 bridgehead atoms. The quantitative estimate of drug-likeness (QED) is 0.473. The second-order valence-corrected chi connectivity index (χ2v) is 9.13. The fraction of sp³-hybridized carbons (Fsp3) is 0.696. The highest BCUT2D eigenvalue weighted by molar-refractivity contribution is 6.25. The van der Waals surface area contributed by atoms with Gasteiger partial charge in [-0.25, -0.2) is 4.39 Å². The van der Waals surface area contributed by atoms with Crippen molar-refractivity contribution in [2.45, 2.75) is 78.4 Å². The van der Waals surface area contributed by atoms with Crippen LogP contribution in [-0.2, 0) is 0 Å². The topological polar surface area (TPSA) is 60.1 Å². The molecule has 2 N–H and O–H groups in total. The number of halogens is 1. The van der Waals surface area contributed by atoms with Crippen molar-refractivity contribution in [2.24, 2.45) is 28.7 Å². The molecule has 1 aliphatic heterocycles. The molecule has 0 aromatic carbocycles. The summed E-state index contributed by atoms with van der Waals surface area (Å²) in [4.78, 5) is 4.91. The minimum absolute atomic E-state index is 0.147. The second-order valence-electron chi connectivity index (χ2n) is 9.13. The van der Waals surface area contributed by atoms with E-state index in [0.717, 1.165) is 43.4 Å². The Morgan fingerprint density at radius 2 is 2.00 bits per heavy atom. The Morgan fingerprint density at radius 3 is 2.67 bits per heavy atom. The van der Waals surface area contributed by atoms with Crippen LogP contribution in [0.4, 0.5) is 4.39 Å². The number of rotatable bonds is 3. The summed E-state index contributed by atoms with van der Waals surface area (Å²) in [5.74, 6) is 1.35. The standard InChI is InChI=1S/C23H32FN3/c1-5-6-15-12(3)21(26)22(13(4)25)27-23-19(15)20(23)16-10-17-14(9-11(16)2)7-8-18(17)24/h11-12,15,18-19,22,25-26H,5-10H2,1-4H3. The normalized spacial score (nSPS) is 41.1. The van der Waals surface area contributed by atoms with Gasteiger partial charge in [0.25, 0.3) is 0 Å². The van der Waals surface area contributed by atoms with Gasteiger partial charge in [-0.15, -0.1) is 0 Å². The number of nitrogens with one attached hydrogen (secondary N) is 2. The lowest BCUT2D eigenvalue weighted by molar-refractivity contribution is 0.372. The molecular weight excluding hydrogens is 337 g/mol. The van der Waals surface area contributed by atoms with E-state index in [4.69, 9.17) is 15.8 Å². The molecule has 0 saturated heterocycles. The summed E-state index contributed by atoms with van der Waals surface area (Å²) < 4.78 is 14.4. The lowest BCUT2D eigenvalue weighted by Crippen LogP contribution is -2.33. The molecule has 6 unspecified atom stereocenters. The average molecular weight is 370 g/mol. The molecule has 146 valence electrons. The van der Waals surface area contributed by atoms with Crippen LogP contribution in [-0.4, -0.2) is 29.3 Å². The zero-order valence-corrected chi connectivity index (χ0v) is 17.0. The monoisotopic (exact) mass is 369 g/mol. The van der Waals surface area contributed by atoms with E-state index in [1.54, 1.807) is 6.92 Å². The molecule has 0 spiro atoms. The maximum atomic E-state index is 14.4. The Morgan fingerprint density at radius 1 is 1.26 bits per heavy atom. The molecule has 0 aromatic rings. The minimum atomic E-state index is -0.747. The Balaban J connectivity index is 1.76. The van der Waals surface area contributed by atoms with Gasteiger partial charge in [-0.3, -0.25) is 4.99 Å². The molecule has 3 nitrogen and oxygen atoms in total.